The van der Waals surface area contributed by atoms with E-state index in [-0.39, 0.29) is 19.1 Å². The van der Waals surface area contributed by atoms with Crippen LogP contribution in [0, 0.1) is 0 Å². The van der Waals surface area contributed by atoms with E-state index in [2.05, 4.69) is 5.32 Å². The highest BCUT2D eigenvalue weighted by molar-refractivity contribution is 7.92. The van der Waals surface area contributed by atoms with Crippen molar-refractivity contribution in [2.75, 3.05) is 43.2 Å². The summed E-state index contributed by atoms with van der Waals surface area (Å²) in [6.07, 6.45) is 1.15. The van der Waals surface area contributed by atoms with Gasteiger partial charge in [0.25, 0.3) is 5.91 Å². The molecule has 0 saturated carbocycles. The first-order valence-electron chi connectivity index (χ1n) is 8.11. The Morgan fingerprint density at radius 1 is 1.11 bits per heavy atom. The third kappa shape index (κ3) is 3.92. The number of ether oxygens (including phenoxy) is 3. The van der Waals surface area contributed by atoms with Crippen molar-refractivity contribution in [2.45, 2.75) is 0 Å². The summed E-state index contributed by atoms with van der Waals surface area (Å²) >= 11 is 0. The minimum absolute atomic E-state index is 0.243. The van der Waals surface area contributed by atoms with E-state index in [1.807, 2.05) is 0 Å². The van der Waals surface area contributed by atoms with E-state index in [9.17, 15) is 13.2 Å². The molecule has 3 rings (SSSR count). The molecule has 0 radical (unpaired) electrons. The van der Waals surface area contributed by atoms with E-state index in [1.54, 1.807) is 36.4 Å². The van der Waals surface area contributed by atoms with Gasteiger partial charge in [0.15, 0.2) is 11.5 Å². The molecule has 8 nitrogen and oxygen atoms in total. The summed E-state index contributed by atoms with van der Waals surface area (Å²) < 4.78 is 41.0. The van der Waals surface area contributed by atoms with Crippen LogP contribution in [-0.4, -0.2) is 48.0 Å². The van der Waals surface area contributed by atoms with Crippen LogP contribution in [0.5, 0.6) is 17.2 Å². The van der Waals surface area contributed by atoms with E-state index in [4.69, 9.17) is 14.2 Å². The Bertz CT molecular complexity index is 974. The molecule has 1 amide bonds. The van der Waals surface area contributed by atoms with Crippen LogP contribution in [0.15, 0.2) is 36.4 Å². The van der Waals surface area contributed by atoms with Gasteiger partial charge in [0.2, 0.25) is 10.0 Å². The summed E-state index contributed by atoms with van der Waals surface area (Å²) in [4.78, 5) is 12.5. The highest BCUT2D eigenvalue weighted by Crippen LogP contribution is 2.35. The lowest BCUT2D eigenvalue weighted by Crippen LogP contribution is -2.37. The van der Waals surface area contributed by atoms with Crippen molar-refractivity contribution in [2.24, 2.45) is 0 Å². The Hall–Kier alpha value is -2.94. The quantitative estimate of drug-likeness (QED) is 0.838. The van der Waals surface area contributed by atoms with Crippen molar-refractivity contribution in [3.63, 3.8) is 0 Å². The van der Waals surface area contributed by atoms with Crippen molar-refractivity contribution in [1.29, 1.82) is 0 Å². The van der Waals surface area contributed by atoms with Gasteiger partial charge in [-0.25, -0.2) is 8.42 Å². The summed E-state index contributed by atoms with van der Waals surface area (Å²) in [6, 6.07) is 9.69. The van der Waals surface area contributed by atoms with Gasteiger partial charge in [0.05, 0.1) is 32.7 Å². The maximum absolute atomic E-state index is 12.5. The molecule has 0 aromatic heterocycles. The molecule has 0 unspecified atom stereocenters. The first-order chi connectivity index (χ1) is 12.8. The smallest absolute Gasteiger partial charge is 0.255 e. The third-order valence-corrected chi connectivity index (χ3v) is 5.26. The van der Waals surface area contributed by atoms with Crippen molar-refractivity contribution in [1.82, 2.24) is 0 Å². The van der Waals surface area contributed by atoms with Crippen molar-refractivity contribution in [3.05, 3.63) is 42.0 Å². The van der Waals surface area contributed by atoms with E-state index in [0.717, 1.165) is 6.26 Å². The minimum Gasteiger partial charge on any atom is -0.493 e. The Morgan fingerprint density at radius 3 is 2.52 bits per heavy atom. The van der Waals surface area contributed by atoms with Crippen LogP contribution >= 0.6 is 0 Å². The summed E-state index contributed by atoms with van der Waals surface area (Å²) in [5.41, 5.74) is 1.33. The molecule has 1 N–H and O–H groups in total. The predicted octanol–water partition coefficient (Wildman–Crippen LogP) is 2.11. The number of hydrogen-bond donors (Lipinski definition) is 1. The van der Waals surface area contributed by atoms with Gasteiger partial charge in [-0.05, 0) is 30.3 Å². The lowest BCUT2D eigenvalue weighted by molar-refractivity contribution is 0.102. The Morgan fingerprint density at radius 2 is 1.85 bits per heavy atom. The van der Waals surface area contributed by atoms with Gasteiger partial charge < -0.3 is 19.5 Å². The van der Waals surface area contributed by atoms with Gasteiger partial charge in [-0.1, -0.05) is 0 Å². The van der Waals surface area contributed by atoms with Gasteiger partial charge >= 0.3 is 0 Å². The number of rotatable bonds is 5. The third-order valence-electron chi connectivity index (χ3n) is 4.08. The molecule has 2 aromatic rings. The second kappa shape index (κ2) is 7.36. The normalized spacial score (nSPS) is 13.4. The van der Waals surface area contributed by atoms with E-state index in [0.29, 0.717) is 34.2 Å². The highest BCUT2D eigenvalue weighted by atomic mass is 32.2. The van der Waals surface area contributed by atoms with E-state index >= 15 is 0 Å². The van der Waals surface area contributed by atoms with Gasteiger partial charge in [-0.2, -0.15) is 0 Å². The van der Waals surface area contributed by atoms with Crippen molar-refractivity contribution < 1.29 is 27.4 Å². The van der Waals surface area contributed by atoms with Gasteiger partial charge in [0.1, 0.15) is 12.4 Å². The molecule has 1 heterocycles. The molecular weight excluding hydrogens is 372 g/mol. The molecule has 1 aliphatic heterocycles. The number of amides is 1. The number of carbonyl (C=O) groups is 1. The average Bonchev–Trinajstić information content (AvgIpc) is 2.65. The van der Waals surface area contributed by atoms with Crippen molar-refractivity contribution >= 4 is 27.3 Å². The molecule has 9 heteroatoms. The first-order valence-corrected chi connectivity index (χ1v) is 9.96. The van der Waals surface area contributed by atoms with Crippen LogP contribution in [-0.2, 0) is 10.0 Å². The SMILES string of the molecule is COc1ccc(C(=O)Nc2ccc3c(c2)OCCN3S(C)(=O)=O)cc1OC. The van der Waals surface area contributed by atoms with Crippen molar-refractivity contribution in [3.8, 4) is 17.2 Å². The molecule has 0 aliphatic carbocycles. The van der Waals surface area contributed by atoms with Gasteiger partial charge in [-0.3, -0.25) is 9.10 Å². The number of anilines is 2. The Kier molecular flexibility index (Phi) is 5.13. The highest BCUT2D eigenvalue weighted by Gasteiger charge is 2.25. The maximum Gasteiger partial charge on any atom is 0.255 e. The second-order valence-corrected chi connectivity index (χ2v) is 7.80. The molecule has 0 bridgehead atoms. The fraction of sp³-hybridized carbons (Fsp3) is 0.278. The van der Waals surface area contributed by atoms with Crippen LogP contribution in [0.3, 0.4) is 0 Å². The average molecular weight is 392 g/mol. The molecule has 0 atom stereocenters. The molecule has 1 aliphatic rings. The summed E-state index contributed by atoms with van der Waals surface area (Å²) in [5.74, 6) is 1.03. The predicted molar refractivity (Wildman–Crippen MR) is 102 cm³/mol. The zero-order valence-electron chi connectivity index (χ0n) is 15.2. The number of fused-ring (bicyclic) bond motifs is 1. The fourth-order valence-electron chi connectivity index (χ4n) is 2.80. The lowest BCUT2D eigenvalue weighted by Gasteiger charge is -2.29. The fourth-order valence-corrected chi connectivity index (χ4v) is 3.71. The van der Waals surface area contributed by atoms with Crippen LogP contribution in [0.4, 0.5) is 11.4 Å². The van der Waals surface area contributed by atoms with Gasteiger partial charge in [0, 0.05) is 17.3 Å². The zero-order valence-corrected chi connectivity index (χ0v) is 16.0. The second-order valence-electron chi connectivity index (χ2n) is 5.89. The van der Waals surface area contributed by atoms with Crippen LogP contribution in [0.1, 0.15) is 10.4 Å². The number of carbonyl (C=O) groups excluding carboxylic acids is 1. The molecule has 0 saturated heterocycles. The number of nitrogens with zero attached hydrogens (tertiary/aromatic N) is 1. The lowest BCUT2D eigenvalue weighted by atomic mass is 10.1. The molecule has 0 fully saturated rings. The number of methoxy groups -OCH3 is 2. The Balaban J connectivity index is 1.84. The minimum atomic E-state index is -3.39. The molecular formula is C18H20N2O6S. The van der Waals surface area contributed by atoms with Crippen LogP contribution < -0.4 is 23.8 Å². The summed E-state index contributed by atoms with van der Waals surface area (Å²) in [7, 11) is -0.380. The summed E-state index contributed by atoms with van der Waals surface area (Å²) in [5, 5.41) is 2.77. The van der Waals surface area contributed by atoms with E-state index in [1.165, 1.54) is 18.5 Å². The largest absolute Gasteiger partial charge is 0.493 e. The number of hydrogen-bond acceptors (Lipinski definition) is 6. The van der Waals surface area contributed by atoms with Crippen LogP contribution in [0.25, 0.3) is 0 Å². The maximum atomic E-state index is 12.5. The number of benzene rings is 2. The molecule has 27 heavy (non-hydrogen) atoms. The topological polar surface area (TPSA) is 94.2 Å². The monoisotopic (exact) mass is 392 g/mol. The van der Waals surface area contributed by atoms with Crippen LogP contribution in [0.2, 0.25) is 0 Å². The summed E-state index contributed by atoms with van der Waals surface area (Å²) in [6.45, 7) is 0.496. The standard InChI is InChI=1S/C18H20N2O6S/c1-24-15-7-4-12(10-17(15)25-2)18(21)19-13-5-6-14-16(11-13)26-9-8-20(14)27(3,22)23/h4-7,10-11H,8-9H2,1-3H3,(H,19,21). The molecule has 144 valence electrons. The molecule has 2 aromatic carbocycles. The van der Waals surface area contributed by atoms with E-state index < -0.39 is 10.0 Å². The molecule has 0 spiro atoms. The zero-order chi connectivity index (χ0) is 19.6. The number of sulfonamides is 1. The van der Waals surface area contributed by atoms with Gasteiger partial charge in [-0.15, -0.1) is 0 Å². The first kappa shape index (κ1) is 18.8. The number of nitrogens with one attached hydrogen (secondary N) is 1. The Labute approximate surface area is 157 Å².